The van der Waals surface area contributed by atoms with E-state index in [2.05, 4.69) is 14.9 Å². The van der Waals surface area contributed by atoms with E-state index >= 15 is 13.6 Å². The highest BCUT2D eigenvalue weighted by atomic mass is 35.5. The Morgan fingerprint density at radius 2 is 1.69 bits per heavy atom. The van der Waals surface area contributed by atoms with E-state index in [0.29, 0.717) is 16.2 Å². The maximum Gasteiger partial charge on any atom is 0.494 e. The van der Waals surface area contributed by atoms with Crippen molar-refractivity contribution in [2.24, 2.45) is 18.7 Å². The molecule has 3 aromatic heterocycles. The number of amides is 1. The minimum absolute atomic E-state index is 0.00156. The fourth-order valence-electron chi connectivity index (χ4n) is 9.04. The number of rotatable bonds is 11. The van der Waals surface area contributed by atoms with Gasteiger partial charge < -0.3 is 15.0 Å². The lowest BCUT2D eigenvalue weighted by molar-refractivity contribution is -0.122. The lowest BCUT2D eigenvalue weighted by Crippen LogP contribution is -2.41. The third kappa shape index (κ3) is 6.94. The van der Waals surface area contributed by atoms with Crippen LogP contribution < -0.4 is 21.5 Å². The predicted octanol–water partition coefficient (Wildman–Crippen LogP) is 6.27. The van der Waals surface area contributed by atoms with Crippen molar-refractivity contribution in [1.82, 2.24) is 29.1 Å². The van der Waals surface area contributed by atoms with Crippen LogP contribution in [0.3, 0.4) is 0 Å². The molecule has 14 nitrogen and oxygen atoms in total. The number of anilines is 1. The molecule has 0 bridgehead atoms. The topological polar surface area (TPSA) is 178 Å². The van der Waals surface area contributed by atoms with Crippen LogP contribution >= 0.6 is 11.6 Å². The third-order valence-corrected chi connectivity index (χ3v) is 13.5. The standard InChI is InChI=1S/C41H38BClF6N8O6S/c1-39(2)40(3,4)63-42(62-39)18-7-8-21-26(14-18)51-37(56(38(21)59)27-10-9-25(43)29-32(27)55(5)53-36(29)54-64(6,60)61)23(13-17-11-19(44)15-20(45)12-17)31(35(50)58)57-33-28(30(52-57)34(46)47)22-16-24(22)41(33,48)49/h7-12,14-15,22-24,31,34H,13,16H2,1-6H3,(H2,50,58)(H,53,54)/t22-,23-,24+,31?/m0/s1. The Hall–Kier alpha value is -5.45. The number of carbonyl (C=O) groups excluding carboxylic acids is 1. The first-order valence-corrected chi connectivity index (χ1v) is 22.1. The molecule has 0 radical (unpaired) electrons. The Morgan fingerprint density at radius 3 is 2.30 bits per heavy atom. The zero-order chi connectivity index (χ0) is 46.3. The quantitative estimate of drug-likeness (QED) is 0.112. The van der Waals surface area contributed by atoms with Crippen molar-refractivity contribution in [3.05, 3.63) is 104 Å². The van der Waals surface area contributed by atoms with Gasteiger partial charge in [-0.1, -0.05) is 17.7 Å². The minimum Gasteiger partial charge on any atom is -0.399 e. The smallest absolute Gasteiger partial charge is 0.399 e. The average molecular weight is 931 g/mol. The number of nitrogens with two attached hydrogens (primary N) is 1. The van der Waals surface area contributed by atoms with Crippen LogP contribution in [0.2, 0.25) is 5.02 Å². The summed E-state index contributed by atoms with van der Waals surface area (Å²) in [6.07, 6.45) is -3.26. The largest absolute Gasteiger partial charge is 0.494 e. The number of carbonyl (C=O) groups is 1. The van der Waals surface area contributed by atoms with E-state index in [1.807, 2.05) is 27.7 Å². The van der Waals surface area contributed by atoms with Crippen LogP contribution in [0.1, 0.15) is 86.8 Å². The zero-order valence-electron chi connectivity index (χ0n) is 34.8. The molecule has 1 amide bonds. The lowest BCUT2D eigenvalue weighted by atomic mass is 9.78. The van der Waals surface area contributed by atoms with Crippen LogP contribution in [-0.2, 0) is 43.5 Å². The molecule has 3 N–H and O–H groups in total. The molecule has 6 aromatic rings. The predicted molar refractivity (Wildman–Crippen MR) is 224 cm³/mol. The lowest BCUT2D eigenvalue weighted by Gasteiger charge is -2.32. The van der Waals surface area contributed by atoms with Crippen LogP contribution in [0.5, 0.6) is 0 Å². The maximum absolute atomic E-state index is 16.3. The molecular formula is C41H38BClF6N8O6S. The molecule has 4 heterocycles. The average Bonchev–Trinajstić information content (AvgIpc) is 3.61. The summed E-state index contributed by atoms with van der Waals surface area (Å²) >= 11 is 6.66. The van der Waals surface area contributed by atoms with Gasteiger partial charge in [-0.15, -0.1) is 0 Å². The van der Waals surface area contributed by atoms with Crippen molar-refractivity contribution in [3.8, 4) is 5.69 Å². The SMILES string of the molecule is Cn1nc(NS(C)(=O)=O)c2c(Cl)ccc(-n3c([C@@H](Cc4cc(F)cc(F)c4)C(C(N)=O)n4nc(C(F)F)c5c4C(F)(F)[C@@H]4C[C@H]54)nc4cc(B5OC(C)(C)C(C)(C)O5)ccc4c3=O)c21. The summed E-state index contributed by atoms with van der Waals surface area (Å²) in [4.78, 5) is 34.3. The summed E-state index contributed by atoms with van der Waals surface area (Å²) in [5, 5.41) is 8.16. The van der Waals surface area contributed by atoms with Gasteiger partial charge in [-0.05, 0) is 93.9 Å². The zero-order valence-corrected chi connectivity index (χ0v) is 36.3. The maximum atomic E-state index is 16.3. The van der Waals surface area contributed by atoms with Gasteiger partial charge in [-0.25, -0.2) is 35.6 Å². The molecule has 2 aliphatic carbocycles. The number of halogens is 7. The summed E-state index contributed by atoms with van der Waals surface area (Å²) in [5.74, 6) is -12.1. The van der Waals surface area contributed by atoms with Crippen LogP contribution in [0.25, 0.3) is 27.5 Å². The Balaban J connectivity index is 1.38. The summed E-state index contributed by atoms with van der Waals surface area (Å²) in [7, 11) is -3.54. The van der Waals surface area contributed by atoms with E-state index in [1.165, 1.54) is 36.0 Å². The van der Waals surface area contributed by atoms with E-state index in [9.17, 15) is 30.8 Å². The molecule has 9 rings (SSSR count). The first kappa shape index (κ1) is 43.8. The Labute approximate surface area is 365 Å². The molecule has 64 heavy (non-hydrogen) atoms. The van der Waals surface area contributed by atoms with Crippen LogP contribution in [0.15, 0.2) is 53.3 Å². The molecule has 3 aliphatic rings. The second kappa shape index (κ2) is 14.5. The van der Waals surface area contributed by atoms with Gasteiger partial charge in [0.05, 0.1) is 55.9 Å². The highest BCUT2D eigenvalue weighted by Gasteiger charge is 2.68. The number of aryl methyl sites for hydroxylation is 1. The Morgan fingerprint density at radius 1 is 1.03 bits per heavy atom. The van der Waals surface area contributed by atoms with Crippen molar-refractivity contribution < 1.29 is 48.9 Å². The minimum atomic E-state index is -3.97. The third-order valence-electron chi connectivity index (χ3n) is 12.7. The number of alkyl halides is 4. The van der Waals surface area contributed by atoms with E-state index in [0.717, 1.165) is 23.0 Å². The molecule has 3 aromatic carbocycles. The van der Waals surface area contributed by atoms with Crippen LogP contribution in [-0.4, -0.2) is 68.0 Å². The van der Waals surface area contributed by atoms with E-state index in [-0.39, 0.29) is 50.3 Å². The Bertz CT molecular complexity index is 3120. The van der Waals surface area contributed by atoms with Crippen molar-refractivity contribution >= 4 is 67.7 Å². The van der Waals surface area contributed by atoms with Crippen LogP contribution in [0.4, 0.5) is 32.2 Å². The number of sulfonamides is 1. The van der Waals surface area contributed by atoms with Gasteiger partial charge in [0.15, 0.2) is 5.82 Å². The van der Waals surface area contributed by atoms with Gasteiger partial charge in [-0.2, -0.15) is 19.0 Å². The molecule has 1 unspecified atom stereocenters. The molecule has 23 heteroatoms. The first-order chi connectivity index (χ1) is 29.8. The number of nitrogens with zero attached hydrogens (tertiary/aromatic N) is 6. The van der Waals surface area contributed by atoms with Gasteiger partial charge >= 0.3 is 7.12 Å². The summed E-state index contributed by atoms with van der Waals surface area (Å²) in [6, 6.07) is 7.36. The monoisotopic (exact) mass is 930 g/mol. The second-order valence-corrected chi connectivity index (χ2v) is 19.7. The number of aromatic nitrogens is 6. The van der Waals surface area contributed by atoms with Gasteiger partial charge in [0, 0.05) is 24.6 Å². The number of benzene rings is 3. The number of fused-ring (bicyclic) bond motifs is 5. The van der Waals surface area contributed by atoms with E-state index in [1.54, 1.807) is 6.07 Å². The summed E-state index contributed by atoms with van der Waals surface area (Å²) < 4.78 is 134. The highest BCUT2D eigenvalue weighted by Crippen LogP contribution is 2.68. The molecule has 0 spiro atoms. The van der Waals surface area contributed by atoms with Gasteiger partial charge in [-0.3, -0.25) is 23.6 Å². The number of hydrogen-bond donors (Lipinski definition) is 2. The summed E-state index contributed by atoms with van der Waals surface area (Å²) in [6.45, 7) is 7.31. The van der Waals surface area contributed by atoms with E-state index < -0.39 is 117 Å². The molecular weight excluding hydrogens is 893 g/mol. The normalized spacial score (nSPS) is 20.5. The molecule has 1 saturated heterocycles. The van der Waals surface area contributed by atoms with Crippen molar-refractivity contribution in [2.75, 3.05) is 11.0 Å². The number of hydrogen-bond acceptors (Lipinski definition) is 9. The number of primary amides is 1. The van der Waals surface area contributed by atoms with Crippen molar-refractivity contribution in [3.63, 3.8) is 0 Å². The van der Waals surface area contributed by atoms with Gasteiger partial charge in [0.2, 0.25) is 15.9 Å². The van der Waals surface area contributed by atoms with E-state index in [4.69, 9.17) is 31.6 Å². The molecule has 1 saturated carbocycles. The first-order valence-electron chi connectivity index (χ1n) is 19.9. The van der Waals surface area contributed by atoms with Crippen molar-refractivity contribution in [1.29, 1.82) is 0 Å². The molecule has 1 aliphatic heterocycles. The van der Waals surface area contributed by atoms with Gasteiger partial charge in [0.1, 0.15) is 34.9 Å². The fraction of sp³-hybridized carbons (Fsp3) is 0.390. The van der Waals surface area contributed by atoms with Crippen molar-refractivity contribution in [2.45, 2.75) is 82.0 Å². The second-order valence-electron chi connectivity index (χ2n) is 17.5. The Kier molecular flexibility index (Phi) is 9.94. The highest BCUT2D eigenvalue weighted by molar-refractivity contribution is 7.92. The molecule has 2 fully saturated rings. The van der Waals surface area contributed by atoms with Crippen LogP contribution in [0, 0.1) is 17.6 Å². The molecule has 4 atom stereocenters. The number of nitrogens with one attached hydrogen (secondary N) is 1. The van der Waals surface area contributed by atoms with Gasteiger partial charge in [0.25, 0.3) is 17.9 Å². The molecule has 336 valence electrons. The fourth-order valence-corrected chi connectivity index (χ4v) is 9.78. The summed E-state index contributed by atoms with van der Waals surface area (Å²) in [5.41, 5.74) is 1.35.